The van der Waals surface area contributed by atoms with Crippen molar-refractivity contribution in [1.29, 1.82) is 0 Å². The van der Waals surface area contributed by atoms with E-state index in [-0.39, 0.29) is 0 Å². The van der Waals surface area contributed by atoms with E-state index in [4.69, 9.17) is 0 Å². The second kappa shape index (κ2) is 2.88. The summed E-state index contributed by atoms with van der Waals surface area (Å²) in [6.07, 6.45) is 4.24. The van der Waals surface area contributed by atoms with Crippen molar-refractivity contribution in [2.24, 2.45) is 0 Å². The van der Waals surface area contributed by atoms with Gasteiger partial charge >= 0.3 is 0 Å². The van der Waals surface area contributed by atoms with Gasteiger partial charge in [-0.1, -0.05) is 6.07 Å². The lowest BCUT2D eigenvalue weighted by molar-refractivity contribution is 0.577. The highest BCUT2D eigenvalue weighted by Crippen LogP contribution is 2.10. The van der Waals surface area contributed by atoms with Gasteiger partial charge < -0.3 is 4.98 Å². The maximum Gasteiger partial charge on any atom is 0.214 e. The summed E-state index contributed by atoms with van der Waals surface area (Å²) in [6.45, 7) is 0. The van der Waals surface area contributed by atoms with E-state index >= 15 is 0 Å². The van der Waals surface area contributed by atoms with Crippen molar-refractivity contribution >= 4 is 11.2 Å². The number of imidazole rings is 1. The fraction of sp³-hybridized carbons (Fsp3) is 0. The van der Waals surface area contributed by atoms with Crippen LogP contribution in [0.15, 0.2) is 24.4 Å². The third kappa shape index (κ3) is 1.26. The molecule has 0 aliphatic carbocycles. The molecule has 0 aromatic carbocycles. The third-order valence-electron chi connectivity index (χ3n) is 1.98. The van der Waals surface area contributed by atoms with E-state index in [0.29, 0.717) is 11.5 Å². The molecule has 3 rings (SSSR count). The smallest absolute Gasteiger partial charge is 0.214 e. The summed E-state index contributed by atoms with van der Waals surface area (Å²) in [5.41, 5.74) is 1.27. The summed E-state index contributed by atoms with van der Waals surface area (Å²) in [4.78, 5) is 10.3. The Balaban J connectivity index is 2.17. The lowest BCUT2D eigenvalue weighted by Gasteiger charge is -1.97. The van der Waals surface area contributed by atoms with Crippen molar-refractivity contribution < 1.29 is 4.39 Å². The molecule has 6 heteroatoms. The van der Waals surface area contributed by atoms with E-state index in [0.717, 1.165) is 5.52 Å². The van der Waals surface area contributed by atoms with Crippen molar-refractivity contribution in [3.8, 4) is 5.82 Å². The third-order valence-corrected chi connectivity index (χ3v) is 1.98. The zero-order chi connectivity index (χ0) is 10.3. The fourth-order valence-corrected chi connectivity index (χ4v) is 1.32. The average molecular weight is 202 g/mol. The van der Waals surface area contributed by atoms with Gasteiger partial charge in [0.15, 0.2) is 17.8 Å². The Labute approximate surface area is 83.6 Å². The Hall–Kier alpha value is -2.24. The summed E-state index contributed by atoms with van der Waals surface area (Å²) < 4.78 is 14.3. The minimum atomic E-state index is -0.536. The fourth-order valence-electron chi connectivity index (χ4n) is 1.32. The molecule has 0 saturated carbocycles. The van der Waals surface area contributed by atoms with Gasteiger partial charge in [-0.05, 0) is 12.1 Å². The SMILES string of the molecule is Fc1cccc(-n2cc3[nH][c]nc3n2)n1. The number of rotatable bonds is 1. The van der Waals surface area contributed by atoms with E-state index in [2.05, 4.69) is 26.4 Å². The van der Waals surface area contributed by atoms with E-state index in [1.165, 1.54) is 10.7 Å². The summed E-state index contributed by atoms with van der Waals surface area (Å²) in [7, 11) is 0. The molecule has 3 aromatic heterocycles. The Morgan fingerprint density at radius 1 is 1.40 bits per heavy atom. The molecule has 15 heavy (non-hydrogen) atoms. The Bertz CT molecular complexity index is 583. The van der Waals surface area contributed by atoms with Gasteiger partial charge in [0.1, 0.15) is 5.52 Å². The number of aromatic amines is 1. The second-order valence-corrected chi connectivity index (χ2v) is 2.98. The van der Waals surface area contributed by atoms with Crippen molar-refractivity contribution in [2.45, 2.75) is 0 Å². The Morgan fingerprint density at radius 3 is 3.13 bits per heavy atom. The average Bonchev–Trinajstić information content (AvgIpc) is 2.76. The van der Waals surface area contributed by atoms with Crippen LogP contribution < -0.4 is 0 Å². The van der Waals surface area contributed by atoms with Gasteiger partial charge in [-0.2, -0.15) is 4.39 Å². The first-order valence-corrected chi connectivity index (χ1v) is 4.27. The molecular formula is C9H5FN5. The molecule has 0 atom stereocenters. The number of aromatic nitrogens is 5. The molecule has 0 amide bonds. The van der Waals surface area contributed by atoms with E-state index in [9.17, 15) is 4.39 Å². The van der Waals surface area contributed by atoms with Crippen LogP contribution in [-0.4, -0.2) is 24.7 Å². The molecule has 1 N–H and O–H groups in total. The zero-order valence-corrected chi connectivity index (χ0v) is 7.48. The molecule has 0 aliphatic rings. The Morgan fingerprint density at radius 2 is 2.33 bits per heavy atom. The predicted octanol–water partition coefficient (Wildman–Crippen LogP) is 1.08. The van der Waals surface area contributed by atoms with E-state index in [1.807, 2.05) is 0 Å². The van der Waals surface area contributed by atoms with E-state index < -0.39 is 5.95 Å². The van der Waals surface area contributed by atoms with Gasteiger partial charge in [-0.3, -0.25) is 0 Å². The van der Waals surface area contributed by atoms with Crippen molar-refractivity contribution in [3.05, 3.63) is 36.7 Å². The first-order chi connectivity index (χ1) is 7.33. The van der Waals surface area contributed by atoms with Crippen LogP contribution in [0.25, 0.3) is 17.0 Å². The van der Waals surface area contributed by atoms with Crippen LogP contribution in [0.3, 0.4) is 0 Å². The molecule has 5 nitrogen and oxygen atoms in total. The highest BCUT2D eigenvalue weighted by molar-refractivity contribution is 5.69. The maximum atomic E-state index is 12.9. The zero-order valence-electron chi connectivity index (χ0n) is 7.48. The molecule has 0 bridgehead atoms. The minimum Gasteiger partial charge on any atom is -0.333 e. The lowest BCUT2D eigenvalue weighted by atomic mass is 10.4. The highest BCUT2D eigenvalue weighted by atomic mass is 19.1. The van der Waals surface area contributed by atoms with Gasteiger partial charge in [0, 0.05) is 0 Å². The number of nitrogens with zero attached hydrogens (tertiary/aromatic N) is 4. The molecule has 3 heterocycles. The normalized spacial score (nSPS) is 11.0. The largest absolute Gasteiger partial charge is 0.333 e. The summed E-state index contributed by atoms with van der Waals surface area (Å²) in [6, 6.07) is 4.52. The van der Waals surface area contributed by atoms with E-state index in [1.54, 1.807) is 18.3 Å². The molecule has 0 unspecified atom stereocenters. The van der Waals surface area contributed by atoms with Gasteiger partial charge in [0.2, 0.25) is 5.95 Å². The number of nitrogens with one attached hydrogen (secondary N) is 1. The number of pyridine rings is 1. The van der Waals surface area contributed by atoms with Crippen LogP contribution in [0.2, 0.25) is 0 Å². The molecule has 0 fully saturated rings. The standard InChI is InChI=1S/C9H5FN5/c10-7-2-1-3-8(13-7)15-4-6-9(14-15)12-5-11-6/h1-4H,(H,11,12,14). The van der Waals surface area contributed by atoms with Gasteiger partial charge in [-0.25, -0.2) is 14.6 Å². The molecular weight excluding hydrogens is 197 g/mol. The van der Waals surface area contributed by atoms with Crippen molar-refractivity contribution in [1.82, 2.24) is 24.7 Å². The van der Waals surface area contributed by atoms with Crippen LogP contribution in [0.4, 0.5) is 4.39 Å². The molecule has 3 aromatic rings. The predicted molar refractivity (Wildman–Crippen MR) is 49.8 cm³/mol. The number of hydrogen-bond acceptors (Lipinski definition) is 3. The van der Waals surface area contributed by atoms with Gasteiger partial charge in [-0.15, -0.1) is 5.10 Å². The number of hydrogen-bond donors (Lipinski definition) is 1. The topological polar surface area (TPSA) is 59.4 Å². The van der Waals surface area contributed by atoms with Crippen LogP contribution >= 0.6 is 0 Å². The monoisotopic (exact) mass is 202 g/mol. The van der Waals surface area contributed by atoms with Crippen molar-refractivity contribution in [3.63, 3.8) is 0 Å². The number of H-pyrrole nitrogens is 1. The number of halogens is 1. The van der Waals surface area contributed by atoms with Crippen LogP contribution in [0.1, 0.15) is 0 Å². The van der Waals surface area contributed by atoms with Gasteiger partial charge in [0.05, 0.1) is 6.20 Å². The molecule has 0 aliphatic heterocycles. The second-order valence-electron chi connectivity index (χ2n) is 2.98. The molecule has 0 spiro atoms. The maximum absolute atomic E-state index is 12.9. The van der Waals surface area contributed by atoms with Gasteiger partial charge in [0.25, 0.3) is 0 Å². The minimum absolute atomic E-state index is 0.418. The summed E-state index contributed by atoms with van der Waals surface area (Å²) in [5, 5.41) is 4.10. The first kappa shape index (κ1) is 8.10. The summed E-state index contributed by atoms with van der Waals surface area (Å²) >= 11 is 0. The summed E-state index contributed by atoms with van der Waals surface area (Å²) in [5.74, 6) is -0.118. The van der Waals surface area contributed by atoms with Crippen LogP contribution in [0, 0.1) is 12.3 Å². The quantitative estimate of drug-likeness (QED) is 0.601. The molecule has 73 valence electrons. The lowest BCUT2D eigenvalue weighted by Crippen LogP contribution is -1.99. The van der Waals surface area contributed by atoms with Crippen molar-refractivity contribution in [2.75, 3.05) is 0 Å². The number of fused-ring (bicyclic) bond motifs is 1. The highest BCUT2D eigenvalue weighted by Gasteiger charge is 2.05. The Kier molecular flexibility index (Phi) is 1.55. The molecule has 0 saturated heterocycles. The van der Waals surface area contributed by atoms with Crippen LogP contribution in [-0.2, 0) is 0 Å². The first-order valence-electron chi connectivity index (χ1n) is 4.27. The molecule has 1 radical (unpaired) electrons. The van der Waals surface area contributed by atoms with Crippen LogP contribution in [0.5, 0.6) is 0 Å².